The van der Waals surface area contributed by atoms with Crippen LogP contribution in [0.25, 0.3) is 11.4 Å². The molecular formula is C12H12N4. The van der Waals surface area contributed by atoms with E-state index in [1.807, 2.05) is 36.4 Å². The molecule has 0 aliphatic rings. The highest BCUT2D eigenvalue weighted by Gasteiger charge is 2.05. The summed E-state index contributed by atoms with van der Waals surface area (Å²) in [5.41, 5.74) is 14.0. The fraction of sp³-hybridized carbons (Fsp3) is 0. The molecule has 16 heavy (non-hydrogen) atoms. The van der Waals surface area contributed by atoms with E-state index in [0.717, 1.165) is 0 Å². The van der Waals surface area contributed by atoms with Crippen LogP contribution in [0.1, 0.15) is 11.4 Å². The molecule has 4 nitrogen and oxygen atoms in total. The molecule has 0 spiro atoms. The van der Waals surface area contributed by atoms with Gasteiger partial charge in [0.2, 0.25) is 0 Å². The van der Waals surface area contributed by atoms with Crippen molar-refractivity contribution in [3.8, 4) is 0 Å². The predicted molar refractivity (Wildman–Crippen MR) is 63.7 cm³/mol. The summed E-state index contributed by atoms with van der Waals surface area (Å²) in [5, 5.41) is 0. The smallest absolute Gasteiger partial charge is 0.0880 e. The van der Waals surface area contributed by atoms with Crippen molar-refractivity contribution in [2.75, 3.05) is 0 Å². The molecule has 0 amide bonds. The summed E-state index contributed by atoms with van der Waals surface area (Å²) >= 11 is 0. The second-order valence-corrected chi connectivity index (χ2v) is 3.26. The van der Waals surface area contributed by atoms with Gasteiger partial charge in [0.25, 0.3) is 0 Å². The standard InChI is InChI=1S/C12H12N4/c13-11(9-5-1-3-7-15-9)12(14)10-6-2-4-8-16-10/h1-8H,13-14H2. The number of nitrogens with zero attached hydrogens (tertiary/aromatic N) is 2. The van der Waals surface area contributed by atoms with Crippen molar-refractivity contribution < 1.29 is 0 Å². The second-order valence-electron chi connectivity index (χ2n) is 3.26. The molecule has 0 atom stereocenters. The van der Waals surface area contributed by atoms with Gasteiger partial charge in [-0.2, -0.15) is 0 Å². The Hall–Kier alpha value is -2.36. The minimum atomic E-state index is 0.444. The summed E-state index contributed by atoms with van der Waals surface area (Å²) in [4.78, 5) is 8.27. The van der Waals surface area contributed by atoms with Crippen molar-refractivity contribution in [3.63, 3.8) is 0 Å². The van der Waals surface area contributed by atoms with Crippen LogP contribution >= 0.6 is 0 Å². The van der Waals surface area contributed by atoms with E-state index in [4.69, 9.17) is 11.5 Å². The van der Waals surface area contributed by atoms with Crippen molar-refractivity contribution in [3.05, 3.63) is 60.2 Å². The van der Waals surface area contributed by atoms with Crippen molar-refractivity contribution in [2.24, 2.45) is 11.5 Å². The van der Waals surface area contributed by atoms with Crippen LogP contribution < -0.4 is 11.5 Å². The Labute approximate surface area is 93.6 Å². The number of aromatic nitrogens is 2. The molecule has 0 aliphatic heterocycles. The third-order valence-corrected chi connectivity index (χ3v) is 2.17. The largest absolute Gasteiger partial charge is 0.395 e. The van der Waals surface area contributed by atoms with Crippen molar-refractivity contribution in [1.82, 2.24) is 9.97 Å². The molecule has 4 N–H and O–H groups in total. The Morgan fingerprint density at radius 1 is 0.750 bits per heavy atom. The first-order valence-electron chi connectivity index (χ1n) is 4.87. The molecule has 0 saturated heterocycles. The van der Waals surface area contributed by atoms with Crippen LogP contribution in [0, 0.1) is 0 Å². The molecule has 80 valence electrons. The van der Waals surface area contributed by atoms with E-state index in [0.29, 0.717) is 22.8 Å². The average molecular weight is 212 g/mol. The number of nitrogens with two attached hydrogens (primary N) is 2. The molecular weight excluding hydrogens is 200 g/mol. The topological polar surface area (TPSA) is 77.8 Å². The number of hydrogen-bond acceptors (Lipinski definition) is 4. The normalized spacial score (nSPS) is 12.0. The van der Waals surface area contributed by atoms with E-state index in [2.05, 4.69) is 9.97 Å². The Bertz CT molecular complexity index is 443. The van der Waals surface area contributed by atoms with Crippen LogP contribution in [0.3, 0.4) is 0 Å². The van der Waals surface area contributed by atoms with Crippen LogP contribution in [-0.4, -0.2) is 9.97 Å². The van der Waals surface area contributed by atoms with E-state index < -0.39 is 0 Å². The Morgan fingerprint density at radius 3 is 1.50 bits per heavy atom. The second kappa shape index (κ2) is 4.44. The lowest BCUT2D eigenvalue weighted by atomic mass is 10.2. The van der Waals surface area contributed by atoms with Gasteiger partial charge in [-0.1, -0.05) is 12.1 Å². The molecule has 0 radical (unpaired) electrons. The summed E-state index contributed by atoms with van der Waals surface area (Å²) in [7, 11) is 0. The zero-order chi connectivity index (χ0) is 11.4. The van der Waals surface area contributed by atoms with Crippen LogP contribution in [0.15, 0.2) is 48.8 Å². The highest BCUT2D eigenvalue weighted by Crippen LogP contribution is 2.14. The number of pyridine rings is 2. The molecule has 0 bridgehead atoms. The van der Waals surface area contributed by atoms with Crippen LogP contribution in [0.2, 0.25) is 0 Å². The summed E-state index contributed by atoms with van der Waals surface area (Å²) in [6.45, 7) is 0. The molecule has 0 aliphatic carbocycles. The molecule has 4 heteroatoms. The molecule has 0 saturated carbocycles. The maximum atomic E-state index is 5.92. The lowest BCUT2D eigenvalue weighted by molar-refractivity contribution is 1.22. The van der Waals surface area contributed by atoms with Gasteiger partial charge < -0.3 is 11.5 Å². The maximum Gasteiger partial charge on any atom is 0.0880 e. The summed E-state index contributed by atoms with van der Waals surface area (Å²) in [6.07, 6.45) is 3.35. The molecule has 2 aromatic rings. The summed E-state index contributed by atoms with van der Waals surface area (Å²) in [6, 6.07) is 11.0. The van der Waals surface area contributed by atoms with E-state index in [-0.39, 0.29) is 0 Å². The predicted octanol–water partition coefficient (Wildman–Crippen LogP) is 1.22. The first-order chi connectivity index (χ1) is 7.79. The third-order valence-electron chi connectivity index (χ3n) is 2.17. The fourth-order valence-electron chi connectivity index (χ4n) is 1.32. The zero-order valence-corrected chi connectivity index (χ0v) is 8.67. The van der Waals surface area contributed by atoms with E-state index in [9.17, 15) is 0 Å². The minimum absolute atomic E-state index is 0.444. The van der Waals surface area contributed by atoms with Gasteiger partial charge in [-0.15, -0.1) is 0 Å². The monoisotopic (exact) mass is 212 g/mol. The average Bonchev–Trinajstić information content (AvgIpc) is 2.39. The highest BCUT2D eigenvalue weighted by atomic mass is 14.8. The number of rotatable bonds is 2. The Morgan fingerprint density at radius 2 is 1.19 bits per heavy atom. The first kappa shape index (κ1) is 10.2. The number of hydrogen-bond donors (Lipinski definition) is 2. The lowest BCUT2D eigenvalue weighted by Crippen LogP contribution is -2.09. The Balaban J connectivity index is 2.43. The van der Waals surface area contributed by atoms with Crippen molar-refractivity contribution in [1.29, 1.82) is 0 Å². The van der Waals surface area contributed by atoms with Gasteiger partial charge in [0, 0.05) is 12.4 Å². The molecule has 2 heterocycles. The van der Waals surface area contributed by atoms with Gasteiger partial charge in [0.15, 0.2) is 0 Å². The van der Waals surface area contributed by atoms with Gasteiger partial charge in [-0.25, -0.2) is 0 Å². The van der Waals surface area contributed by atoms with Gasteiger partial charge in [0.1, 0.15) is 0 Å². The molecule has 0 unspecified atom stereocenters. The van der Waals surface area contributed by atoms with Gasteiger partial charge >= 0.3 is 0 Å². The lowest BCUT2D eigenvalue weighted by Gasteiger charge is -2.05. The van der Waals surface area contributed by atoms with Crippen molar-refractivity contribution in [2.45, 2.75) is 0 Å². The molecule has 0 aromatic carbocycles. The van der Waals surface area contributed by atoms with Crippen LogP contribution in [-0.2, 0) is 0 Å². The molecule has 2 rings (SSSR count). The maximum absolute atomic E-state index is 5.92. The molecule has 0 fully saturated rings. The SMILES string of the molecule is NC(=C(N)c1ccccn1)c1ccccn1. The van der Waals surface area contributed by atoms with Crippen molar-refractivity contribution >= 4 is 11.4 Å². The summed E-state index contributed by atoms with van der Waals surface area (Å²) in [5.74, 6) is 0. The van der Waals surface area contributed by atoms with Gasteiger partial charge in [-0.05, 0) is 24.3 Å². The molecule has 2 aromatic heterocycles. The highest BCUT2D eigenvalue weighted by molar-refractivity contribution is 5.85. The fourth-order valence-corrected chi connectivity index (χ4v) is 1.32. The van der Waals surface area contributed by atoms with Gasteiger partial charge in [0.05, 0.1) is 22.8 Å². The Kier molecular flexibility index (Phi) is 2.82. The third kappa shape index (κ3) is 2.00. The van der Waals surface area contributed by atoms with Crippen LogP contribution in [0.4, 0.5) is 0 Å². The van der Waals surface area contributed by atoms with E-state index in [1.54, 1.807) is 12.4 Å². The quantitative estimate of drug-likeness (QED) is 0.784. The van der Waals surface area contributed by atoms with E-state index >= 15 is 0 Å². The summed E-state index contributed by atoms with van der Waals surface area (Å²) < 4.78 is 0. The first-order valence-corrected chi connectivity index (χ1v) is 4.87. The minimum Gasteiger partial charge on any atom is -0.395 e. The van der Waals surface area contributed by atoms with E-state index in [1.165, 1.54) is 0 Å². The van der Waals surface area contributed by atoms with Crippen LogP contribution in [0.5, 0.6) is 0 Å². The zero-order valence-electron chi connectivity index (χ0n) is 8.67. The van der Waals surface area contributed by atoms with Gasteiger partial charge in [-0.3, -0.25) is 9.97 Å².